The summed E-state index contributed by atoms with van der Waals surface area (Å²) in [5.74, 6) is 2.58. The minimum absolute atomic E-state index is 0.129. The second-order valence-electron chi connectivity index (χ2n) is 7.92. The van der Waals surface area contributed by atoms with Gasteiger partial charge in [-0.05, 0) is 35.9 Å². The summed E-state index contributed by atoms with van der Waals surface area (Å²) in [6.07, 6.45) is 1.95. The molecule has 3 aliphatic heterocycles. The third kappa shape index (κ3) is 3.61. The van der Waals surface area contributed by atoms with Gasteiger partial charge in [0, 0.05) is 23.5 Å². The highest BCUT2D eigenvalue weighted by molar-refractivity contribution is 6.11. The van der Waals surface area contributed by atoms with Crippen LogP contribution in [0.4, 0.5) is 11.4 Å². The molecule has 3 heterocycles. The Bertz CT molecular complexity index is 1240. The zero-order valence-corrected chi connectivity index (χ0v) is 17.8. The van der Waals surface area contributed by atoms with E-state index in [0.717, 1.165) is 16.9 Å². The van der Waals surface area contributed by atoms with Gasteiger partial charge in [-0.2, -0.15) is 0 Å². The Labute approximate surface area is 191 Å². The molecular formula is C26H22N2O5. The first-order valence-electron chi connectivity index (χ1n) is 10.9. The molecule has 7 nitrogen and oxygen atoms in total. The Hall–Kier alpha value is -4.13. The van der Waals surface area contributed by atoms with Crippen molar-refractivity contribution in [1.82, 2.24) is 0 Å². The number of anilines is 2. The van der Waals surface area contributed by atoms with Crippen molar-refractivity contribution in [3.8, 4) is 23.0 Å². The number of nitrogens with zero attached hydrogens (tertiary/aromatic N) is 1. The van der Waals surface area contributed by atoms with Gasteiger partial charge in [0.25, 0.3) is 5.91 Å². The van der Waals surface area contributed by atoms with Crippen LogP contribution in [0.5, 0.6) is 23.0 Å². The van der Waals surface area contributed by atoms with Crippen LogP contribution in [0.25, 0.3) is 0 Å². The molecule has 3 aromatic rings. The highest BCUT2D eigenvalue weighted by atomic mass is 16.6. The van der Waals surface area contributed by atoms with Crippen molar-refractivity contribution in [2.24, 2.45) is 0 Å². The van der Waals surface area contributed by atoms with Crippen molar-refractivity contribution < 1.29 is 23.7 Å². The molecule has 0 fully saturated rings. The van der Waals surface area contributed by atoms with E-state index in [4.69, 9.17) is 18.9 Å². The number of amides is 1. The molecule has 1 amide bonds. The summed E-state index contributed by atoms with van der Waals surface area (Å²) < 4.78 is 22.7. The van der Waals surface area contributed by atoms with E-state index in [9.17, 15) is 4.79 Å². The number of hydrogen-bond acceptors (Lipinski definition) is 6. The molecule has 0 bridgehead atoms. The molecular weight excluding hydrogens is 420 g/mol. The molecule has 0 radical (unpaired) electrons. The molecule has 0 unspecified atom stereocenters. The van der Waals surface area contributed by atoms with Crippen LogP contribution in [0.15, 0.2) is 78.5 Å². The van der Waals surface area contributed by atoms with Gasteiger partial charge in [0.2, 0.25) is 0 Å². The summed E-state index contributed by atoms with van der Waals surface area (Å²) in [6.45, 7) is 2.05. The van der Waals surface area contributed by atoms with Gasteiger partial charge in [-0.3, -0.25) is 9.69 Å². The molecule has 0 aliphatic carbocycles. The molecule has 3 aromatic carbocycles. The monoisotopic (exact) mass is 442 g/mol. The topological polar surface area (TPSA) is 69.3 Å². The highest BCUT2D eigenvalue weighted by Gasteiger charge is 2.35. The van der Waals surface area contributed by atoms with Crippen LogP contribution in [0.1, 0.15) is 11.6 Å². The molecule has 3 aliphatic rings. The van der Waals surface area contributed by atoms with Gasteiger partial charge in [0.15, 0.2) is 23.0 Å². The standard InChI is InChI=1S/C26H22N2O5/c29-26-20(27-18-6-8-22-24(14-18)32-12-10-30-22)16-21(17-4-2-1-3-5-17)28(26)19-7-9-23-25(15-19)33-13-11-31-23/h1-9,14-16,21,27H,10-13H2/t21-/m0/s1. The molecule has 1 atom stereocenters. The molecule has 0 saturated heterocycles. The second-order valence-corrected chi connectivity index (χ2v) is 7.92. The largest absolute Gasteiger partial charge is 0.486 e. The number of ether oxygens (including phenoxy) is 4. The van der Waals surface area contributed by atoms with E-state index in [0.29, 0.717) is 55.1 Å². The lowest BCUT2D eigenvalue weighted by molar-refractivity contribution is -0.114. The predicted octanol–water partition coefficient (Wildman–Crippen LogP) is 4.31. The van der Waals surface area contributed by atoms with Crippen molar-refractivity contribution in [3.63, 3.8) is 0 Å². The van der Waals surface area contributed by atoms with Crippen LogP contribution < -0.4 is 29.2 Å². The van der Waals surface area contributed by atoms with E-state index in [1.165, 1.54) is 0 Å². The number of benzene rings is 3. The van der Waals surface area contributed by atoms with Crippen molar-refractivity contribution in [3.05, 3.63) is 84.1 Å². The summed E-state index contributed by atoms with van der Waals surface area (Å²) in [7, 11) is 0. The van der Waals surface area contributed by atoms with Crippen LogP contribution in [0.2, 0.25) is 0 Å². The summed E-state index contributed by atoms with van der Waals surface area (Å²) in [5.41, 5.74) is 3.01. The smallest absolute Gasteiger partial charge is 0.275 e. The van der Waals surface area contributed by atoms with Crippen LogP contribution >= 0.6 is 0 Å². The predicted molar refractivity (Wildman–Crippen MR) is 123 cm³/mol. The van der Waals surface area contributed by atoms with Gasteiger partial charge in [-0.15, -0.1) is 0 Å². The van der Waals surface area contributed by atoms with Crippen molar-refractivity contribution >= 4 is 17.3 Å². The molecule has 1 N–H and O–H groups in total. The molecule has 7 heteroatoms. The fourth-order valence-electron chi connectivity index (χ4n) is 4.29. The maximum Gasteiger partial charge on any atom is 0.275 e. The van der Waals surface area contributed by atoms with Gasteiger partial charge in [-0.25, -0.2) is 0 Å². The third-order valence-corrected chi connectivity index (χ3v) is 5.82. The van der Waals surface area contributed by atoms with Crippen LogP contribution in [0.3, 0.4) is 0 Å². The Morgan fingerprint density at radius 1 is 0.727 bits per heavy atom. The number of fused-ring (bicyclic) bond motifs is 2. The first kappa shape index (κ1) is 19.5. The van der Waals surface area contributed by atoms with E-state index in [1.54, 1.807) is 4.90 Å². The van der Waals surface area contributed by atoms with Gasteiger partial charge >= 0.3 is 0 Å². The lowest BCUT2D eigenvalue weighted by Gasteiger charge is -2.27. The van der Waals surface area contributed by atoms with Gasteiger partial charge < -0.3 is 24.3 Å². The fraction of sp³-hybridized carbons (Fsp3) is 0.192. The number of hydrogen-bond donors (Lipinski definition) is 1. The van der Waals surface area contributed by atoms with Gasteiger partial charge in [0.1, 0.15) is 32.1 Å². The van der Waals surface area contributed by atoms with Gasteiger partial charge in [-0.1, -0.05) is 30.3 Å². The second kappa shape index (κ2) is 8.09. The SMILES string of the molecule is O=C1C(Nc2ccc3c(c2)OCCO3)=C[C@@H](c2ccccc2)N1c1ccc2c(c1)OCCO2. The maximum absolute atomic E-state index is 13.6. The van der Waals surface area contributed by atoms with Crippen molar-refractivity contribution in [2.75, 3.05) is 36.6 Å². The Morgan fingerprint density at radius 2 is 1.36 bits per heavy atom. The molecule has 6 rings (SSSR count). The number of carbonyl (C=O) groups is 1. The average Bonchev–Trinajstić information content (AvgIpc) is 3.20. The highest BCUT2D eigenvalue weighted by Crippen LogP contribution is 2.41. The quantitative estimate of drug-likeness (QED) is 0.649. The number of carbonyl (C=O) groups excluding carboxylic acids is 1. The minimum atomic E-state index is -0.263. The van der Waals surface area contributed by atoms with Gasteiger partial charge in [0.05, 0.1) is 6.04 Å². The average molecular weight is 442 g/mol. The first-order valence-corrected chi connectivity index (χ1v) is 10.9. The number of nitrogens with one attached hydrogen (secondary N) is 1. The lowest BCUT2D eigenvalue weighted by atomic mass is 10.1. The maximum atomic E-state index is 13.6. The van der Waals surface area contributed by atoms with Crippen molar-refractivity contribution in [1.29, 1.82) is 0 Å². The Kier molecular flexibility index (Phi) is 4.79. The molecule has 0 spiro atoms. The van der Waals surface area contributed by atoms with Crippen LogP contribution in [0, 0.1) is 0 Å². The molecule has 0 aromatic heterocycles. The van der Waals surface area contributed by atoms with Crippen molar-refractivity contribution in [2.45, 2.75) is 6.04 Å². The minimum Gasteiger partial charge on any atom is -0.486 e. The number of rotatable bonds is 4. The summed E-state index contributed by atoms with van der Waals surface area (Å²) >= 11 is 0. The Morgan fingerprint density at radius 3 is 2.09 bits per heavy atom. The van der Waals surface area contributed by atoms with E-state index in [-0.39, 0.29) is 11.9 Å². The van der Waals surface area contributed by atoms with E-state index >= 15 is 0 Å². The lowest BCUT2D eigenvalue weighted by Crippen LogP contribution is -2.31. The summed E-state index contributed by atoms with van der Waals surface area (Å²) in [5, 5.41) is 3.28. The third-order valence-electron chi connectivity index (χ3n) is 5.82. The van der Waals surface area contributed by atoms with E-state index < -0.39 is 0 Å². The fourth-order valence-corrected chi connectivity index (χ4v) is 4.29. The summed E-state index contributed by atoms with van der Waals surface area (Å²) in [4.78, 5) is 15.4. The summed E-state index contributed by atoms with van der Waals surface area (Å²) in [6, 6.07) is 20.9. The normalized spacial score (nSPS) is 18.7. The first-order chi connectivity index (χ1) is 16.3. The zero-order valence-electron chi connectivity index (χ0n) is 17.8. The Balaban J connectivity index is 1.35. The van der Waals surface area contributed by atoms with Crippen LogP contribution in [-0.2, 0) is 4.79 Å². The van der Waals surface area contributed by atoms with Crippen LogP contribution in [-0.4, -0.2) is 32.3 Å². The van der Waals surface area contributed by atoms with E-state index in [2.05, 4.69) is 5.32 Å². The van der Waals surface area contributed by atoms with E-state index in [1.807, 2.05) is 72.8 Å². The molecule has 33 heavy (non-hydrogen) atoms. The molecule has 166 valence electrons. The zero-order chi connectivity index (χ0) is 22.2. The molecule has 0 saturated carbocycles.